The third-order valence-corrected chi connectivity index (χ3v) is 4.79. The summed E-state index contributed by atoms with van der Waals surface area (Å²) in [6.07, 6.45) is 0.772. The maximum Gasteiger partial charge on any atom is 0.125 e. The minimum atomic E-state index is -0.639. The van der Waals surface area contributed by atoms with Gasteiger partial charge in [0, 0.05) is 22.3 Å². The fraction of sp³-hybridized carbons (Fsp3) is 0.294. The van der Waals surface area contributed by atoms with Crippen molar-refractivity contribution in [1.82, 2.24) is 0 Å². The molecule has 0 bridgehead atoms. The van der Waals surface area contributed by atoms with Crippen LogP contribution in [0.3, 0.4) is 0 Å². The number of aryl methyl sites for hydroxylation is 1. The molecule has 3 rings (SSSR count). The fourth-order valence-corrected chi connectivity index (χ4v) is 3.55. The zero-order chi connectivity index (χ0) is 15.0. The molecular formula is C17H16BrClO2. The van der Waals surface area contributed by atoms with Crippen molar-refractivity contribution in [2.24, 2.45) is 0 Å². The van der Waals surface area contributed by atoms with Gasteiger partial charge in [0.25, 0.3) is 0 Å². The minimum absolute atomic E-state index is 0.491. The molecule has 2 nitrogen and oxygen atoms in total. The number of aliphatic hydroxyl groups excluding tert-OH is 1. The zero-order valence-corrected chi connectivity index (χ0v) is 14.0. The monoisotopic (exact) mass is 366 g/mol. The highest BCUT2D eigenvalue weighted by Gasteiger charge is 2.21. The lowest BCUT2D eigenvalue weighted by molar-refractivity contribution is 0.177. The SMILES string of the molecule is Cc1cccc(C(O)Cc2cc(Br)cc3c2OCC3)c1Cl. The molecular weight excluding hydrogens is 352 g/mol. The van der Waals surface area contributed by atoms with Gasteiger partial charge in [-0.25, -0.2) is 0 Å². The van der Waals surface area contributed by atoms with Crippen LogP contribution in [0.5, 0.6) is 5.75 Å². The van der Waals surface area contributed by atoms with Crippen molar-refractivity contribution < 1.29 is 9.84 Å². The highest BCUT2D eigenvalue weighted by atomic mass is 79.9. The molecule has 0 spiro atoms. The molecule has 1 aliphatic heterocycles. The molecule has 1 atom stereocenters. The van der Waals surface area contributed by atoms with Crippen LogP contribution in [0.25, 0.3) is 0 Å². The number of fused-ring (bicyclic) bond motifs is 1. The number of hydrogen-bond acceptors (Lipinski definition) is 2. The first-order chi connectivity index (χ1) is 10.1. The van der Waals surface area contributed by atoms with Gasteiger partial charge in [-0.2, -0.15) is 0 Å². The van der Waals surface area contributed by atoms with E-state index in [1.807, 2.05) is 31.2 Å². The van der Waals surface area contributed by atoms with Crippen LogP contribution in [0.15, 0.2) is 34.8 Å². The molecule has 0 fully saturated rings. The molecule has 21 heavy (non-hydrogen) atoms. The van der Waals surface area contributed by atoms with Gasteiger partial charge in [-0.3, -0.25) is 0 Å². The standard InChI is InChI=1S/C17H16BrClO2/c1-10-3-2-4-14(16(10)19)15(20)9-12-8-13(18)7-11-5-6-21-17(11)12/h2-4,7-8,15,20H,5-6,9H2,1H3. The van der Waals surface area contributed by atoms with E-state index in [9.17, 15) is 5.11 Å². The van der Waals surface area contributed by atoms with Crippen LogP contribution in [0.2, 0.25) is 5.02 Å². The lowest BCUT2D eigenvalue weighted by Crippen LogP contribution is -2.05. The number of halogens is 2. The molecule has 0 amide bonds. The predicted octanol–water partition coefficient (Wildman–Crippen LogP) is 4.62. The van der Waals surface area contributed by atoms with E-state index < -0.39 is 6.10 Å². The van der Waals surface area contributed by atoms with E-state index >= 15 is 0 Å². The Morgan fingerprint density at radius 2 is 2.19 bits per heavy atom. The van der Waals surface area contributed by atoms with Gasteiger partial charge in [-0.1, -0.05) is 45.7 Å². The Morgan fingerprint density at radius 1 is 1.38 bits per heavy atom. The van der Waals surface area contributed by atoms with E-state index in [0.717, 1.165) is 33.3 Å². The maximum atomic E-state index is 10.5. The van der Waals surface area contributed by atoms with Gasteiger partial charge >= 0.3 is 0 Å². The fourth-order valence-electron chi connectivity index (χ4n) is 2.74. The lowest BCUT2D eigenvalue weighted by Gasteiger charge is -2.16. The molecule has 0 aromatic heterocycles. The largest absolute Gasteiger partial charge is 0.493 e. The highest BCUT2D eigenvalue weighted by Crippen LogP contribution is 2.36. The summed E-state index contributed by atoms with van der Waals surface area (Å²) in [6, 6.07) is 9.83. The first-order valence-electron chi connectivity index (χ1n) is 6.93. The van der Waals surface area contributed by atoms with Crippen molar-refractivity contribution in [1.29, 1.82) is 0 Å². The van der Waals surface area contributed by atoms with Crippen molar-refractivity contribution in [2.75, 3.05) is 6.61 Å². The van der Waals surface area contributed by atoms with Crippen LogP contribution in [-0.4, -0.2) is 11.7 Å². The third-order valence-electron chi connectivity index (χ3n) is 3.82. The Balaban J connectivity index is 1.92. The van der Waals surface area contributed by atoms with Gasteiger partial charge in [-0.05, 0) is 41.3 Å². The van der Waals surface area contributed by atoms with Crippen LogP contribution in [0, 0.1) is 6.92 Å². The molecule has 1 heterocycles. The second-order valence-electron chi connectivity index (χ2n) is 5.35. The van der Waals surface area contributed by atoms with Gasteiger partial charge in [0.05, 0.1) is 12.7 Å². The molecule has 2 aromatic carbocycles. The first kappa shape index (κ1) is 14.9. The van der Waals surface area contributed by atoms with E-state index in [-0.39, 0.29) is 0 Å². The molecule has 1 N–H and O–H groups in total. The molecule has 0 saturated carbocycles. The lowest BCUT2D eigenvalue weighted by atomic mass is 9.98. The Bertz CT molecular complexity index is 685. The van der Waals surface area contributed by atoms with E-state index in [1.165, 1.54) is 5.56 Å². The number of aliphatic hydroxyl groups is 1. The third kappa shape index (κ3) is 2.96. The molecule has 1 unspecified atom stereocenters. The smallest absolute Gasteiger partial charge is 0.125 e. The van der Waals surface area contributed by atoms with E-state index in [1.54, 1.807) is 0 Å². The Labute approximate surface area is 137 Å². The van der Waals surface area contributed by atoms with Gasteiger partial charge in [0.2, 0.25) is 0 Å². The zero-order valence-electron chi connectivity index (χ0n) is 11.7. The predicted molar refractivity (Wildman–Crippen MR) is 88.2 cm³/mol. The van der Waals surface area contributed by atoms with Crippen molar-refractivity contribution in [3.63, 3.8) is 0 Å². The second kappa shape index (κ2) is 5.99. The van der Waals surface area contributed by atoms with E-state index in [0.29, 0.717) is 18.1 Å². The summed E-state index contributed by atoms with van der Waals surface area (Å²) in [7, 11) is 0. The molecule has 4 heteroatoms. The highest BCUT2D eigenvalue weighted by molar-refractivity contribution is 9.10. The second-order valence-corrected chi connectivity index (χ2v) is 6.64. The summed E-state index contributed by atoms with van der Waals surface area (Å²) < 4.78 is 6.73. The summed E-state index contributed by atoms with van der Waals surface area (Å²) in [6.45, 7) is 2.65. The molecule has 0 radical (unpaired) electrons. The van der Waals surface area contributed by atoms with E-state index in [4.69, 9.17) is 16.3 Å². The number of benzene rings is 2. The van der Waals surface area contributed by atoms with Gasteiger partial charge in [0.1, 0.15) is 5.75 Å². The number of ether oxygens (including phenoxy) is 1. The molecule has 1 aliphatic rings. The first-order valence-corrected chi connectivity index (χ1v) is 8.10. The summed E-state index contributed by atoms with van der Waals surface area (Å²) in [5, 5.41) is 11.2. The Kier molecular flexibility index (Phi) is 4.25. The normalized spacial score (nSPS) is 14.7. The summed E-state index contributed by atoms with van der Waals surface area (Å²) >= 11 is 9.83. The van der Waals surface area contributed by atoms with Gasteiger partial charge in [-0.15, -0.1) is 0 Å². The average molecular weight is 368 g/mol. The quantitative estimate of drug-likeness (QED) is 0.857. The van der Waals surface area contributed by atoms with Crippen molar-refractivity contribution in [3.05, 3.63) is 62.1 Å². The van der Waals surface area contributed by atoms with E-state index in [2.05, 4.69) is 22.0 Å². The van der Waals surface area contributed by atoms with Crippen molar-refractivity contribution in [3.8, 4) is 5.75 Å². The van der Waals surface area contributed by atoms with Crippen molar-refractivity contribution in [2.45, 2.75) is 25.9 Å². The van der Waals surface area contributed by atoms with Crippen LogP contribution < -0.4 is 4.74 Å². The molecule has 2 aromatic rings. The Hall–Kier alpha value is -1.03. The number of hydrogen-bond donors (Lipinski definition) is 1. The average Bonchev–Trinajstić information content (AvgIpc) is 2.90. The van der Waals surface area contributed by atoms with Crippen LogP contribution in [0.4, 0.5) is 0 Å². The van der Waals surface area contributed by atoms with Crippen LogP contribution in [0.1, 0.15) is 28.4 Å². The maximum absolute atomic E-state index is 10.5. The number of rotatable bonds is 3. The molecule has 0 aliphatic carbocycles. The molecule has 0 saturated heterocycles. The van der Waals surface area contributed by atoms with Crippen LogP contribution in [-0.2, 0) is 12.8 Å². The minimum Gasteiger partial charge on any atom is -0.493 e. The summed E-state index contributed by atoms with van der Waals surface area (Å²) in [5.41, 5.74) is 3.95. The van der Waals surface area contributed by atoms with Gasteiger partial charge in [0.15, 0.2) is 0 Å². The summed E-state index contributed by atoms with van der Waals surface area (Å²) in [4.78, 5) is 0. The van der Waals surface area contributed by atoms with Crippen LogP contribution >= 0.6 is 27.5 Å². The molecule has 110 valence electrons. The Morgan fingerprint density at radius 3 is 3.00 bits per heavy atom. The summed E-state index contributed by atoms with van der Waals surface area (Å²) in [5.74, 6) is 0.918. The van der Waals surface area contributed by atoms with Crippen molar-refractivity contribution >= 4 is 27.5 Å². The van der Waals surface area contributed by atoms with Gasteiger partial charge < -0.3 is 9.84 Å². The topological polar surface area (TPSA) is 29.5 Å².